The number of rotatable bonds is 3. The third-order valence-electron chi connectivity index (χ3n) is 5.47. The molecule has 3 aliphatic heterocycles. The molecule has 4 rings (SSSR count). The van der Waals surface area contributed by atoms with Crippen LogP contribution in [0.5, 0.6) is 0 Å². The number of amides is 6. The number of likely N-dealkylation sites (tertiary alicyclic amines) is 1. The van der Waals surface area contributed by atoms with Gasteiger partial charge in [-0.15, -0.1) is 0 Å². The molecule has 0 bridgehead atoms. The van der Waals surface area contributed by atoms with Crippen LogP contribution in [0.15, 0.2) is 18.2 Å². The van der Waals surface area contributed by atoms with Gasteiger partial charge in [0.1, 0.15) is 6.04 Å². The minimum atomic E-state index is -1.01. The summed E-state index contributed by atoms with van der Waals surface area (Å²) in [5.41, 5.74) is 0.860. The topological polar surface area (TPSA) is 125 Å². The average molecular weight is 424 g/mol. The lowest BCUT2D eigenvalue weighted by Gasteiger charge is -2.37. The van der Waals surface area contributed by atoms with E-state index < -0.39 is 29.7 Å². The number of fused-ring (bicyclic) bond motifs is 1. The smallest absolute Gasteiger partial charge is 0.318 e. The fourth-order valence-electron chi connectivity index (χ4n) is 3.68. The van der Waals surface area contributed by atoms with Crippen molar-refractivity contribution in [1.82, 2.24) is 20.4 Å². The van der Waals surface area contributed by atoms with Crippen molar-refractivity contribution >= 4 is 29.7 Å². The molecule has 2 fully saturated rings. The molecule has 0 saturated carbocycles. The summed E-state index contributed by atoms with van der Waals surface area (Å²) in [4.78, 5) is 63.3. The number of hydrogen-bond acceptors (Lipinski definition) is 6. The maximum atomic E-state index is 12.8. The van der Waals surface area contributed by atoms with Gasteiger partial charge in [0, 0.05) is 19.1 Å². The Morgan fingerprint density at radius 2 is 1.94 bits per heavy atom. The van der Waals surface area contributed by atoms with Gasteiger partial charge in [-0.3, -0.25) is 29.4 Å². The van der Waals surface area contributed by atoms with Crippen LogP contribution in [0.25, 0.3) is 0 Å². The van der Waals surface area contributed by atoms with Crippen LogP contribution >= 0.6 is 0 Å². The predicted octanol–water partition coefficient (Wildman–Crippen LogP) is -0.520. The van der Waals surface area contributed by atoms with Crippen molar-refractivity contribution in [3.05, 3.63) is 34.9 Å². The number of methoxy groups -OCH3 is 1. The molecule has 0 aromatic heterocycles. The summed E-state index contributed by atoms with van der Waals surface area (Å²) in [6.07, 6.45) is 0.240. The molecule has 0 aliphatic carbocycles. The highest BCUT2D eigenvalue weighted by molar-refractivity contribution is 6.23. The molecular weight excluding hydrogens is 404 g/mol. The molecule has 10 nitrogen and oxygen atoms in total. The van der Waals surface area contributed by atoms with E-state index in [-0.39, 0.29) is 42.6 Å². The Kier molecular flexibility index (Phi) is 5.44. The molecule has 3 aliphatic rings. The number of carbonyl (C=O) groups excluding carboxylic acids is 5. The van der Waals surface area contributed by atoms with Gasteiger partial charge in [-0.25, -0.2) is 4.79 Å². The summed E-state index contributed by atoms with van der Waals surface area (Å²) >= 11 is 0. The zero-order chi connectivity index (χ0) is 22.1. The number of ether oxygens (including phenoxy) is 1. The molecule has 1 aromatic rings. The summed E-state index contributed by atoms with van der Waals surface area (Å²) < 4.78 is 5.12. The van der Waals surface area contributed by atoms with Gasteiger partial charge < -0.3 is 15.0 Å². The monoisotopic (exact) mass is 424 g/mol. The van der Waals surface area contributed by atoms with Gasteiger partial charge in [0.25, 0.3) is 11.8 Å². The first kappa shape index (κ1) is 20.6. The molecule has 2 N–H and O–H groups in total. The lowest BCUT2D eigenvalue weighted by Crippen LogP contribution is -2.57. The van der Waals surface area contributed by atoms with E-state index >= 15 is 0 Å². The van der Waals surface area contributed by atoms with Crippen molar-refractivity contribution in [1.29, 1.82) is 0 Å². The summed E-state index contributed by atoms with van der Waals surface area (Å²) in [6.45, 7) is 1.21. The van der Waals surface area contributed by atoms with E-state index in [1.807, 2.05) is 0 Å². The van der Waals surface area contributed by atoms with Crippen LogP contribution < -0.4 is 10.6 Å². The van der Waals surface area contributed by atoms with E-state index in [0.717, 1.165) is 4.90 Å². The zero-order valence-corrected chi connectivity index (χ0v) is 16.8. The Morgan fingerprint density at radius 3 is 2.65 bits per heavy atom. The third kappa shape index (κ3) is 3.87. The zero-order valence-electron chi connectivity index (χ0n) is 16.8. The van der Waals surface area contributed by atoms with Crippen LogP contribution in [-0.4, -0.2) is 78.3 Å². The molecule has 1 unspecified atom stereocenters. The van der Waals surface area contributed by atoms with Gasteiger partial charge in [0.2, 0.25) is 11.8 Å². The van der Waals surface area contributed by atoms with Crippen LogP contribution in [-0.2, 0) is 14.3 Å². The highest BCUT2D eigenvalue weighted by Gasteiger charge is 2.44. The SMILES string of the molecule is COC1CN(C(=O)NCC#Cc2ccc3c(c2)C(=O)N(C2CCC(=O)NC2=O)C3=O)C1. The highest BCUT2D eigenvalue weighted by Crippen LogP contribution is 2.28. The van der Waals surface area contributed by atoms with E-state index in [2.05, 4.69) is 22.5 Å². The molecule has 1 aromatic carbocycles. The molecule has 1 atom stereocenters. The number of nitrogens with one attached hydrogen (secondary N) is 2. The van der Waals surface area contributed by atoms with Gasteiger partial charge in [0.05, 0.1) is 36.9 Å². The quantitative estimate of drug-likeness (QED) is 0.497. The number of carbonyl (C=O) groups is 5. The standard InChI is InChI=1S/C21H20N4O6/c1-31-13-10-24(11-13)21(30)22-8-2-3-12-4-5-14-15(9-12)20(29)25(19(14)28)16-6-7-17(26)23-18(16)27/h4-5,9,13,16H,6-8,10-11H2,1H3,(H,22,30)(H,23,26,27). The first-order valence-corrected chi connectivity index (χ1v) is 9.79. The fourth-order valence-corrected chi connectivity index (χ4v) is 3.68. The largest absolute Gasteiger partial charge is 0.378 e. The van der Waals surface area contributed by atoms with E-state index in [1.54, 1.807) is 18.1 Å². The molecule has 3 heterocycles. The van der Waals surface area contributed by atoms with Crippen molar-refractivity contribution in [2.24, 2.45) is 0 Å². The van der Waals surface area contributed by atoms with E-state index in [0.29, 0.717) is 18.7 Å². The summed E-state index contributed by atoms with van der Waals surface area (Å²) in [5.74, 6) is 3.44. The summed E-state index contributed by atoms with van der Waals surface area (Å²) in [7, 11) is 1.60. The second-order valence-corrected chi connectivity index (χ2v) is 7.43. The summed E-state index contributed by atoms with van der Waals surface area (Å²) in [5, 5.41) is 4.84. The molecule has 6 amide bonds. The average Bonchev–Trinajstić information content (AvgIpc) is 2.95. The molecule has 10 heteroatoms. The number of hydrogen-bond donors (Lipinski definition) is 2. The first-order valence-electron chi connectivity index (χ1n) is 9.79. The number of nitrogens with zero attached hydrogens (tertiary/aromatic N) is 2. The Labute approximate surface area is 177 Å². The molecule has 0 spiro atoms. The third-order valence-corrected chi connectivity index (χ3v) is 5.47. The molecule has 2 saturated heterocycles. The van der Waals surface area contributed by atoms with Crippen molar-refractivity contribution in [3.63, 3.8) is 0 Å². The molecular formula is C21H20N4O6. The Hall–Kier alpha value is -3.71. The van der Waals surface area contributed by atoms with Crippen LogP contribution in [0.1, 0.15) is 39.1 Å². The minimum Gasteiger partial charge on any atom is -0.378 e. The van der Waals surface area contributed by atoms with Gasteiger partial charge in [-0.1, -0.05) is 11.8 Å². The van der Waals surface area contributed by atoms with Crippen molar-refractivity contribution in [2.75, 3.05) is 26.7 Å². The predicted molar refractivity (Wildman–Crippen MR) is 106 cm³/mol. The first-order chi connectivity index (χ1) is 14.9. The van der Waals surface area contributed by atoms with Crippen LogP contribution in [0.4, 0.5) is 4.79 Å². The minimum absolute atomic E-state index is 0.0653. The van der Waals surface area contributed by atoms with Crippen LogP contribution in [0.2, 0.25) is 0 Å². The maximum Gasteiger partial charge on any atom is 0.318 e. The lowest BCUT2D eigenvalue weighted by atomic mass is 10.0. The number of imide groups is 2. The maximum absolute atomic E-state index is 12.8. The Balaban J connectivity index is 1.40. The molecule has 0 radical (unpaired) electrons. The second-order valence-electron chi connectivity index (χ2n) is 7.43. The van der Waals surface area contributed by atoms with Crippen LogP contribution in [0.3, 0.4) is 0 Å². The number of urea groups is 1. The Bertz CT molecular complexity index is 1050. The normalized spacial score (nSPS) is 20.6. The van der Waals surface area contributed by atoms with E-state index in [9.17, 15) is 24.0 Å². The van der Waals surface area contributed by atoms with Crippen molar-refractivity contribution < 1.29 is 28.7 Å². The summed E-state index contributed by atoms with van der Waals surface area (Å²) in [6, 6.07) is 3.36. The van der Waals surface area contributed by atoms with Crippen molar-refractivity contribution in [2.45, 2.75) is 25.0 Å². The van der Waals surface area contributed by atoms with Gasteiger partial charge in [-0.2, -0.15) is 0 Å². The number of piperidine rings is 1. The van der Waals surface area contributed by atoms with E-state index in [4.69, 9.17) is 4.74 Å². The van der Waals surface area contributed by atoms with Gasteiger partial charge in [0.15, 0.2) is 0 Å². The van der Waals surface area contributed by atoms with Crippen molar-refractivity contribution in [3.8, 4) is 11.8 Å². The highest BCUT2D eigenvalue weighted by atomic mass is 16.5. The van der Waals surface area contributed by atoms with E-state index in [1.165, 1.54) is 12.1 Å². The Morgan fingerprint density at radius 1 is 1.19 bits per heavy atom. The van der Waals surface area contributed by atoms with Crippen LogP contribution in [0, 0.1) is 11.8 Å². The number of benzene rings is 1. The van der Waals surface area contributed by atoms with Gasteiger partial charge in [-0.05, 0) is 24.6 Å². The van der Waals surface area contributed by atoms with Gasteiger partial charge >= 0.3 is 6.03 Å². The lowest BCUT2D eigenvalue weighted by molar-refractivity contribution is -0.136. The molecule has 31 heavy (non-hydrogen) atoms. The molecule has 160 valence electrons. The fraction of sp³-hybridized carbons (Fsp3) is 0.381. The second kappa shape index (κ2) is 8.20.